The number of aliphatic imine (C=N–C) groups is 1. The van der Waals surface area contributed by atoms with Gasteiger partial charge in [-0.15, -0.1) is 24.0 Å². The lowest BCUT2D eigenvalue weighted by molar-refractivity contribution is -0.154. The first-order valence-electron chi connectivity index (χ1n) is 9.53. The van der Waals surface area contributed by atoms with Gasteiger partial charge < -0.3 is 24.4 Å². The van der Waals surface area contributed by atoms with E-state index in [0.717, 1.165) is 12.0 Å². The summed E-state index contributed by atoms with van der Waals surface area (Å²) in [6.45, 7) is -0.523. The van der Waals surface area contributed by atoms with Crippen molar-refractivity contribution in [3.8, 4) is 17.4 Å². The first kappa shape index (κ1) is 27.6. The molecule has 1 N–H and O–H groups in total. The van der Waals surface area contributed by atoms with Crippen molar-refractivity contribution in [1.29, 1.82) is 0 Å². The monoisotopic (exact) mass is 568 g/mol. The standard InChI is InChI=1S/C21H27F3N4O3.HI/c1-25-20(27-13-16-6-5-10-26-19(16)31-14-21(22,23)24)28(2)11-9-15-7-8-17(29-3)18(12-15)30-4;/h5-8,10,12H,9,11,13-14H2,1-4H3,(H,25,27);1H. The molecule has 0 unspecified atom stereocenters. The van der Waals surface area contributed by atoms with Crippen LogP contribution in [0.4, 0.5) is 13.2 Å². The highest BCUT2D eigenvalue weighted by atomic mass is 127. The van der Waals surface area contributed by atoms with E-state index in [4.69, 9.17) is 14.2 Å². The maximum absolute atomic E-state index is 12.5. The molecule has 0 aliphatic heterocycles. The average Bonchev–Trinajstić information content (AvgIpc) is 2.76. The fourth-order valence-electron chi connectivity index (χ4n) is 2.84. The highest BCUT2D eigenvalue weighted by molar-refractivity contribution is 14.0. The molecule has 1 aromatic heterocycles. The molecule has 0 amide bonds. The predicted octanol–water partition coefficient (Wildman–Crippen LogP) is 3.91. The number of hydrogen-bond donors (Lipinski definition) is 1. The first-order chi connectivity index (χ1) is 14.8. The summed E-state index contributed by atoms with van der Waals surface area (Å²) >= 11 is 0. The van der Waals surface area contributed by atoms with Gasteiger partial charge in [-0.1, -0.05) is 12.1 Å². The third kappa shape index (κ3) is 8.60. The SMILES string of the molecule is CN=C(NCc1cccnc1OCC(F)(F)F)N(C)CCc1ccc(OC)c(OC)c1.I. The number of pyridine rings is 1. The zero-order valence-electron chi connectivity index (χ0n) is 18.4. The van der Waals surface area contributed by atoms with Crippen LogP contribution in [0.5, 0.6) is 17.4 Å². The maximum Gasteiger partial charge on any atom is 0.422 e. The lowest BCUT2D eigenvalue weighted by Crippen LogP contribution is -2.39. The molecule has 0 radical (unpaired) electrons. The molecule has 0 saturated heterocycles. The minimum Gasteiger partial charge on any atom is -0.493 e. The topological polar surface area (TPSA) is 68.2 Å². The number of halogens is 4. The molecule has 1 aromatic carbocycles. The van der Waals surface area contributed by atoms with Crippen LogP contribution >= 0.6 is 24.0 Å². The van der Waals surface area contributed by atoms with Crippen LogP contribution in [0.1, 0.15) is 11.1 Å². The quantitative estimate of drug-likeness (QED) is 0.281. The van der Waals surface area contributed by atoms with Crippen LogP contribution in [0.2, 0.25) is 0 Å². The lowest BCUT2D eigenvalue weighted by atomic mass is 10.1. The van der Waals surface area contributed by atoms with Gasteiger partial charge in [0.25, 0.3) is 0 Å². The Balaban J connectivity index is 0.00000512. The summed E-state index contributed by atoms with van der Waals surface area (Å²) in [5, 5.41) is 3.13. The normalized spacial score (nSPS) is 11.4. The fourth-order valence-corrected chi connectivity index (χ4v) is 2.84. The minimum atomic E-state index is -4.43. The number of methoxy groups -OCH3 is 2. The molecule has 0 saturated carbocycles. The summed E-state index contributed by atoms with van der Waals surface area (Å²) in [5.74, 6) is 1.85. The summed E-state index contributed by atoms with van der Waals surface area (Å²) in [4.78, 5) is 10.1. The van der Waals surface area contributed by atoms with Gasteiger partial charge in [0, 0.05) is 38.9 Å². The Hall–Kier alpha value is -2.44. The molecular weight excluding hydrogens is 540 g/mol. The molecule has 0 spiro atoms. The minimum absolute atomic E-state index is 0. The van der Waals surface area contributed by atoms with Crippen LogP contribution in [0.25, 0.3) is 0 Å². The number of nitrogens with one attached hydrogen (secondary N) is 1. The smallest absolute Gasteiger partial charge is 0.422 e. The average molecular weight is 568 g/mol. The molecule has 1 heterocycles. The van der Waals surface area contributed by atoms with Gasteiger partial charge in [0.15, 0.2) is 24.1 Å². The largest absolute Gasteiger partial charge is 0.493 e. The van der Waals surface area contributed by atoms with E-state index in [1.165, 1.54) is 6.20 Å². The second-order valence-electron chi connectivity index (χ2n) is 6.63. The Labute approximate surface area is 203 Å². The number of rotatable bonds is 9. The number of hydrogen-bond acceptors (Lipinski definition) is 5. The third-order valence-electron chi connectivity index (χ3n) is 4.42. The van der Waals surface area contributed by atoms with E-state index in [1.54, 1.807) is 33.4 Å². The Morgan fingerprint density at radius 2 is 1.88 bits per heavy atom. The molecule has 0 atom stereocenters. The van der Waals surface area contributed by atoms with Crippen molar-refractivity contribution in [2.75, 3.05) is 41.5 Å². The maximum atomic E-state index is 12.5. The van der Waals surface area contributed by atoms with Crippen LogP contribution in [0.15, 0.2) is 41.5 Å². The van der Waals surface area contributed by atoms with E-state index in [-0.39, 0.29) is 36.4 Å². The Morgan fingerprint density at radius 1 is 1.16 bits per heavy atom. The van der Waals surface area contributed by atoms with Gasteiger partial charge in [-0.3, -0.25) is 4.99 Å². The summed E-state index contributed by atoms with van der Waals surface area (Å²) in [6.07, 6.45) is -2.31. The predicted molar refractivity (Wildman–Crippen MR) is 127 cm³/mol. The number of benzene rings is 1. The summed E-state index contributed by atoms with van der Waals surface area (Å²) in [6, 6.07) is 9.03. The fraction of sp³-hybridized carbons (Fsp3) is 0.429. The van der Waals surface area contributed by atoms with Gasteiger partial charge in [0.2, 0.25) is 5.88 Å². The Morgan fingerprint density at radius 3 is 2.50 bits per heavy atom. The van der Waals surface area contributed by atoms with Crippen molar-refractivity contribution in [2.24, 2.45) is 4.99 Å². The molecule has 178 valence electrons. The van der Waals surface area contributed by atoms with E-state index in [1.807, 2.05) is 30.1 Å². The third-order valence-corrected chi connectivity index (χ3v) is 4.42. The van der Waals surface area contributed by atoms with E-state index >= 15 is 0 Å². The van der Waals surface area contributed by atoms with Crippen LogP contribution in [0.3, 0.4) is 0 Å². The number of guanidine groups is 1. The Bertz CT molecular complexity index is 882. The molecule has 2 aromatic rings. The van der Waals surface area contributed by atoms with Crippen LogP contribution < -0.4 is 19.5 Å². The highest BCUT2D eigenvalue weighted by Crippen LogP contribution is 2.27. The van der Waals surface area contributed by atoms with E-state index < -0.39 is 12.8 Å². The molecule has 0 aliphatic rings. The second kappa shape index (κ2) is 13.2. The molecule has 11 heteroatoms. The van der Waals surface area contributed by atoms with E-state index in [9.17, 15) is 13.2 Å². The number of aromatic nitrogens is 1. The van der Waals surface area contributed by atoms with E-state index in [0.29, 0.717) is 29.6 Å². The zero-order chi connectivity index (χ0) is 22.9. The molecule has 2 rings (SSSR count). The lowest BCUT2D eigenvalue weighted by Gasteiger charge is -2.22. The van der Waals surface area contributed by atoms with Crippen LogP contribution in [-0.2, 0) is 13.0 Å². The molecule has 7 nitrogen and oxygen atoms in total. The van der Waals surface area contributed by atoms with Crippen molar-refractivity contribution in [1.82, 2.24) is 15.2 Å². The summed E-state index contributed by atoms with van der Waals surface area (Å²) < 4.78 is 52.8. The molecule has 0 aliphatic carbocycles. The van der Waals surface area contributed by atoms with Gasteiger partial charge in [-0.2, -0.15) is 13.2 Å². The molecule has 0 fully saturated rings. The van der Waals surface area contributed by atoms with Gasteiger partial charge >= 0.3 is 6.18 Å². The summed E-state index contributed by atoms with van der Waals surface area (Å²) in [7, 11) is 6.69. The van der Waals surface area contributed by atoms with Crippen molar-refractivity contribution in [3.05, 3.63) is 47.7 Å². The van der Waals surface area contributed by atoms with Crippen molar-refractivity contribution in [2.45, 2.75) is 19.1 Å². The van der Waals surface area contributed by atoms with Crippen LogP contribution in [-0.4, -0.2) is 63.5 Å². The molecule has 0 bridgehead atoms. The summed E-state index contributed by atoms with van der Waals surface area (Å²) in [5.41, 5.74) is 1.57. The molecule has 32 heavy (non-hydrogen) atoms. The van der Waals surface area contributed by atoms with Gasteiger partial charge in [0.05, 0.1) is 14.2 Å². The van der Waals surface area contributed by atoms with Crippen molar-refractivity contribution < 1.29 is 27.4 Å². The van der Waals surface area contributed by atoms with Crippen molar-refractivity contribution in [3.63, 3.8) is 0 Å². The van der Waals surface area contributed by atoms with Gasteiger partial charge in [-0.05, 0) is 30.2 Å². The van der Waals surface area contributed by atoms with Crippen molar-refractivity contribution >= 4 is 29.9 Å². The number of alkyl halides is 3. The number of likely N-dealkylation sites (N-methyl/N-ethyl adjacent to an activating group) is 1. The van der Waals surface area contributed by atoms with E-state index in [2.05, 4.69) is 15.3 Å². The number of ether oxygens (including phenoxy) is 3. The highest BCUT2D eigenvalue weighted by Gasteiger charge is 2.29. The Kier molecular flexibility index (Phi) is 11.4. The second-order valence-corrected chi connectivity index (χ2v) is 6.63. The first-order valence-corrected chi connectivity index (χ1v) is 9.53. The van der Waals surface area contributed by atoms with Crippen LogP contribution in [0, 0.1) is 0 Å². The number of nitrogens with zero attached hydrogens (tertiary/aromatic N) is 3. The van der Waals surface area contributed by atoms with Gasteiger partial charge in [-0.25, -0.2) is 4.98 Å². The zero-order valence-corrected chi connectivity index (χ0v) is 20.7. The van der Waals surface area contributed by atoms with Gasteiger partial charge in [0.1, 0.15) is 0 Å². The molecular formula is C21H28F3IN4O3.